The average Bonchev–Trinajstić information content (AvgIpc) is 2.48. The number of nitrogens with zero attached hydrogens (tertiary/aromatic N) is 1. The van der Waals surface area contributed by atoms with Gasteiger partial charge >= 0.3 is 0 Å². The number of hydrogen-bond acceptors (Lipinski definition) is 4. The zero-order chi connectivity index (χ0) is 15.4. The molecule has 2 N–H and O–H groups in total. The summed E-state index contributed by atoms with van der Waals surface area (Å²) in [6.07, 6.45) is 2.27. The van der Waals surface area contributed by atoms with E-state index < -0.39 is 0 Å². The van der Waals surface area contributed by atoms with Crippen LogP contribution in [0.25, 0.3) is 0 Å². The van der Waals surface area contributed by atoms with Gasteiger partial charge in [0.05, 0.1) is 7.11 Å². The van der Waals surface area contributed by atoms with Gasteiger partial charge in [-0.25, -0.2) is 0 Å². The molecular formula is C16H25ClN2O2. The Morgan fingerprint density at radius 2 is 2.05 bits per heavy atom. The second kappa shape index (κ2) is 7.34. The van der Waals surface area contributed by atoms with Gasteiger partial charge in [-0.1, -0.05) is 11.6 Å². The van der Waals surface area contributed by atoms with Crippen LogP contribution in [0.1, 0.15) is 32.3 Å². The molecular weight excluding hydrogens is 288 g/mol. The SMILES string of the molecule is COc1cc(Cl)cc(CNC2CCN(C(C)C)CC2)c1O. The second-order valence-corrected chi connectivity index (χ2v) is 6.34. The van der Waals surface area contributed by atoms with Crippen LogP contribution < -0.4 is 10.1 Å². The maximum atomic E-state index is 10.1. The molecule has 0 aromatic heterocycles. The summed E-state index contributed by atoms with van der Waals surface area (Å²) in [5, 5.41) is 14.2. The Bertz CT molecular complexity index is 472. The van der Waals surface area contributed by atoms with Crippen molar-refractivity contribution in [3.05, 3.63) is 22.7 Å². The van der Waals surface area contributed by atoms with Crippen molar-refractivity contribution in [2.45, 2.75) is 45.3 Å². The first-order valence-electron chi connectivity index (χ1n) is 7.54. The predicted octanol–water partition coefficient (Wildman–Crippen LogP) is 3.02. The molecule has 0 amide bonds. The first-order valence-corrected chi connectivity index (χ1v) is 7.92. The van der Waals surface area contributed by atoms with Crippen LogP contribution >= 0.6 is 11.6 Å². The van der Waals surface area contributed by atoms with Gasteiger partial charge in [0.25, 0.3) is 0 Å². The fourth-order valence-electron chi connectivity index (χ4n) is 2.79. The highest BCUT2D eigenvalue weighted by Gasteiger charge is 2.21. The molecule has 21 heavy (non-hydrogen) atoms. The van der Waals surface area contributed by atoms with Crippen LogP contribution in [-0.4, -0.2) is 42.3 Å². The standard InChI is InChI=1S/C16H25ClN2O2/c1-11(2)19-6-4-14(5-7-19)18-10-12-8-13(17)9-15(21-3)16(12)20/h8-9,11,14,18,20H,4-7,10H2,1-3H3. The van der Waals surface area contributed by atoms with E-state index in [2.05, 4.69) is 24.1 Å². The number of aromatic hydroxyl groups is 1. The molecule has 0 radical (unpaired) electrons. The maximum Gasteiger partial charge on any atom is 0.162 e. The summed E-state index contributed by atoms with van der Waals surface area (Å²) in [7, 11) is 1.53. The van der Waals surface area contributed by atoms with E-state index in [-0.39, 0.29) is 5.75 Å². The molecule has 1 heterocycles. The average molecular weight is 313 g/mol. The number of halogens is 1. The molecule has 0 unspecified atom stereocenters. The normalized spacial score (nSPS) is 17.4. The number of likely N-dealkylation sites (tertiary alicyclic amines) is 1. The quantitative estimate of drug-likeness (QED) is 0.877. The maximum absolute atomic E-state index is 10.1. The van der Waals surface area contributed by atoms with Crippen LogP contribution in [0.5, 0.6) is 11.5 Å². The molecule has 1 aliphatic heterocycles. The highest BCUT2D eigenvalue weighted by Crippen LogP contribution is 2.33. The number of hydrogen-bond donors (Lipinski definition) is 2. The summed E-state index contributed by atoms with van der Waals surface area (Å²) in [6, 6.07) is 4.52. The van der Waals surface area contributed by atoms with E-state index in [1.165, 1.54) is 7.11 Å². The molecule has 0 aliphatic carbocycles. The summed E-state index contributed by atoms with van der Waals surface area (Å²) in [4.78, 5) is 2.50. The largest absolute Gasteiger partial charge is 0.504 e. The van der Waals surface area contributed by atoms with Gasteiger partial charge in [-0.05, 0) is 45.8 Å². The smallest absolute Gasteiger partial charge is 0.162 e. The highest BCUT2D eigenvalue weighted by molar-refractivity contribution is 6.30. The third-order valence-electron chi connectivity index (χ3n) is 4.18. The molecule has 4 nitrogen and oxygen atoms in total. The van der Waals surface area contributed by atoms with Crippen molar-refractivity contribution in [3.8, 4) is 11.5 Å². The Labute approximate surface area is 132 Å². The van der Waals surface area contributed by atoms with Gasteiger partial charge in [0.15, 0.2) is 11.5 Å². The fraction of sp³-hybridized carbons (Fsp3) is 0.625. The number of nitrogens with one attached hydrogen (secondary N) is 1. The molecule has 1 aromatic carbocycles. The van der Waals surface area contributed by atoms with Crippen molar-refractivity contribution in [2.75, 3.05) is 20.2 Å². The van der Waals surface area contributed by atoms with Crippen molar-refractivity contribution < 1.29 is 9.84 Å². The molecule has 1 aliphatic rings. The number of piperidine rings is 1. The summed E-state index contributed by atoms with van der Waals surface area (Å²) < 4.78 is 5.13. The second-order valence-electron chi connectivity index (χ2n) is 5.90. The molecule has 0 bridgehead atoms. The lowest BCUT2D eigenvalue weighted by atomic mass is 10.0. The Morgan fingerprint density at radius 3 is 2.62 bits per heavy atom. The molecule has 0 spiro atoms. The fourth-order valence-corrected chi connectivity index (χ4v) is 3.02. The number of benzene rings is 1. The third kappa shape index (κ3) is 4.25. The Morgan fingerprint density at radius 1 is 1.38 bits per heavy atom. The van der Waals surface area contributed by atoms with Crippen LogP contribution in [0.2, 0.25) is 5.02 Å². The summed E-state index contributed by atoms with van der Waals surface area (Å²) >= 11 is 6.05. The van der Waals surface area contributed by atoms with E-state index in [9.17, 15) is 5.11 Å². The lowest BCUT2D eigenvalue weighted by Crippen LogP contribution is -2.44. The summed E-state index contributed by atoms with van der Waals surface area (Å²) in [5.74, 6) is 0.600. The van der Waals surface area contributed by atoms with Gasteiger partial charge in [0, 0.05) is 35.3 Å². The lowest BCUT2D eigenvalue weighted by Gasteiger charge is -2.35. The van der Waals surface area contributed by atoms with Gasteiger partial charge in [-0.2, -0.15) is 0 Å². The zero-order valence-corrected chi connectivity index (χ0v) is 13.8. The number of phenolic OH excluding ortho intramolecular Hbond substituents is 1. The molecule has 0 atom stereocenters. The van der Waals surface area contributed by atoms with Crippen LogP contribution in [0.15, 0.2) is 12.1 Å². The Hall–Kier alpha value is -0.970. The number of methoxy groups -OCH3 is 1. The monoisotopic (exact) mass is 312 g/mol. The van der Waals surface area contributed by atoms with E-state index in [4.69, 9.17) is 16.3 Å². The van der Waals surface area contributed by atoms with Gasteiger partial charge in [-0.3, -0.25) is 0 Å². The van der Waals surface area contributed by atoms with Gasteiger partial charge < -0.3 is 20.1 Å². The molecule has 1 aromatic rings. The van der Waals surface area contributed by atoms with Crippen molar-refractivity contribution in [2.24, 2.45) is 0 Å². The number of phenols is 1. The van der Waals surface area contributed by atoms with Crippen LogP contribution in [0.4, 0.5) is 0 Å². The van der Waals surface area contributed by atoms with Crippen molar-refractivity contribution >= 4 is 11.6 Å². The minimum atomic E-state index is 0.175. The van der Waals surface area contributed by atoms with Crippen LogP contribution in [-0.2, 0) is 6.54 Å². The third-order valence-corrected chi connectivity index (χ3v) is 4.40. The van der Waals surface area contributed by atoms with Gasteiger partial charge in [-0.15, -0.1) is 0 Å². The van der Waals surface area contributed by atoms with Crippen molar-refractivity contribution in [1.82, 2.24) is 10.2 Å². The first kappa shape index (κ1) is 16.4. The summed E-state index contributed by atoms with van der Waals surface area (Å²) in [6.45, 7) is 7.34. The minimum absolute atomic E-state index is 0.175. The topological polar surface area (TPSA) is 44.7 Å². The van der Waals surface area contributed by atoms with E-state index in [0.717, 1.165) is 31.5 Å². The van der Waals surface area contributed by atoms with Crippen LogP contribution in [0, 0.1) is 0 Å². The van der Waals surface area contributed by atoms with Crippen molar-refractivity contribution in [1.29, 1.82) is 0 Å². The summed E-state index contributed by atoms with van der Waals surface area (Å²) in [5.41, 5.74) is 0.783. The van der Waals surface area contributed by atoms with Gasteiger partial charge in [0.1, 0.15) is 0 Å². The zero-order valence-electron chi connectivity index (χ0n) is 13.0. The Kier molecular flexibility index (Phi) is 5.73. The van der Waals surface area contributed by atoms with Crippen molar-refractivity contribution in [3.63, 3.8) is 0 Å². The molecule has 0 saturated carbocycles. The van der Waals surface area contributed by atoms with E-state index in [1.807, 2.05) is 0 Å². The Balaban J connectivity index is 1.91. The molecule has 2 rings (SSSR count). The molecule has 118 valence electrons. The minimum Gasteiger partial charge on any atom is -0.504 e. The predicted molar refractivity (Wildman–Crippen MR) is 86.2 cm³/mol. The molecule has 1 fully saturated rings. The van der Waals surface area contributed by atoms with Crippen LogP contribution in [0.3, 0.4) is 0 Å². The van der Waals surface area contributed by atoms with E-state index in [0.29, 0.717) is 29.4 Å². The number of rotatable bonds is 5. The van der Waals surface area contributed by atoms with E-state index in [1.54, 1.807) is 12.1 Å². The molecule has 1 saturated heterocycles. The molecule has 5 heteroatoms. The van der Waals surface area contributed by atoms with Gasteiger partial charge in [0.2, 0.25) is 0 Å². The lowest BCUT2D eigenvalue weighted by molar-refractivity contribution is 0.160. The highest BCUT2D eigenvalue weighted by atomic mass is 35.5. The first-order chi connectivity index (χ1) is 10.0. The number of ether oxygens (including phenoxy) is 1. The van der Waals surface area contributed by atoms with E-state index >= 15 is 0 Å².